The van der Waals surface area contributed by atoms with Crippen molar-refractivity contribution in [2.24, 2.45) is 0 Å². The highest BCUT2D eigenvalue weighted by Gasteiger charge is 2.30. The van der Waals surface area contributed by atoms with Crippen LogP contribution < -0.4 is 5.46 Å². The first kappa shape index (κ1) is 8.04. The molecule has 0 aliphatic carbocycles. The van der Waals surface area contributed by atoms with Crippen molar-refractivity contribution in [2.45, 2.75) is 6.61 Å². The Balaban J connectivity index is 2.60. The summed E-state index contributed by atoms with van der Waals surface area (Å²) in [5.74, 6) is -0.512. The van der Waals surface area contributed by atoms with Crippen molar-refractivity contribution < 1.29 is 14.1 Å². The van der Waals surface area contributed by atoms with Gasteiger partial charge < -0.3 is 9.68 Å². The van der Waals surface area contributed by atoms with Crippen molar-refractivity contribution in [3.63, 3.8) is 0 Å². The molecule has 1 N–H and O–H groups in total. The molecular formula is C7H5BClFO2. The van der Waals surface area contributed by atoms with E-state index in [2.05, 4.69) is 0 Å². The van der Waals surface area contributed by atoms with Gasteiger partial charge in [-0.25, -0.2) is 4.39 Å². The molecule has 0 radical (unpaired) electrons. The van der Waals surface area contributed by atoms with Gasteiger partial charge in [0.05, 0.1) is 6.61 Å². The van der Waals surface area contributed by atoms with E-state index in [1.165, 1.54) is 0 Å². The van der Waals surface area contributed by atoms with Gasteiger partial charge in [0, 0.05) is 10.5 Å². The van der Waals surface area contributed by atoms with Crippen LogP contribution >= 0.6 is 11.6 Å². The lowest BCUT2D eigenvalue weighted by atomic mass is 9.79. The third-order valence-electron chi connectivity index (χ3n) is 1.82. The normalized spacial score (nSPS) is 15.1. The summed E-state index contributed by atoms with van der Waals surface area (Å²) in [7, 11) is -1.14. The van der Waals surface area contributed by atoms with Crippen LogP contribution in [0.25, 0.3) is 0 Å². The molecule has 1 aliphatic heterocycles. The molecule has 2 rings (SSSR count). The third-order valence-corrected chi connectivity index (χ3v) is 2.04. The van der Waals surface area contributed by atoms with E-state index in [9.17, 15) is 4.39 Å². The van der Waals surface area contributed by atoms with Gasteiger partial charge in [-0.1, -0.05) is 11.6 Å². The van der Waals surface area contributed by atoms with E-state index in [-0.39, 0.29) is 12.1 Å². The van der Waals surface area contributed by atoms with Gasteiger partial charge in [0.1, 0.15) is 5.82 Å². The van der Waals surface area contributed by atoms with E-state index >= 15 is 0 Å². The molecule has 1 aromatic carbocycles. The average Bonchev–Trinajstić information content (AvgIpc) is 2.31. The van der Waals surface area contributed by atoms with Crippen LogP contribution in [0.1, 0.15) is 5.56 Å². The molecule has 0 bridgehead atoms. The molecule has 5 heteroatoms. The van der Waals surface area contributed by atoms with E-state index in [0.29, 0.717) is 10.6 Å². The number of rotatable bonds is 0. The molecule has 0 atom stereocenters. The molecule has 1 heterocycles. The summed E-state index contributed by atoms with van der Waals surface area (Å²) in [6.07, 6.45) is 0. The Morgan fingerprint density at radius 1 is 1.58 bits per heavy atom. The lowest BCUT2D eigenvalue weighted by Gasteiger charge is -1.99. The SMILES string of the molecule is OB1OCc2cc(Cl)cc(F)c21. The second-order valence-electron chi connectivity index (χ2n) is 2.62. The molecule has 0 saturated heterocycles. The van der Waals surface area contributed by atoms with Crippen LogP contribution in [0.15, 0.2) is 12.1 Å². The van der Waals surface area contributed by atoms with E-state index < -0.39 is 12.9 Å². The zero-order chi connectivity index (χ0) is 8.72. The number of halogens is 2. The number of hydrogen-bond donors (Lipinski definition) is 1. The van der Waals surface area contributed by atoms with Gasteiger partial charge in [0.15, 0.2) is 0 Å². The van der Waals surface area contributed by atoms with E-state index in [1.807, 2.05) is 0 Å². The highest BCUT2D eigenvalue weighted by atomic mass is 35.5. The van der Waals surface area contributed by atoms with Crippen LogP contribution in [0.3, 0.4) is 0 Å². The quantitative estimate of drug-likeness (QED) is 0.604. The van der Waals surface area contributed by atoms with Crippen LogP contribution in [0.4, 0.5) is 4.39 Å². The minimum atomic E-state index is -1.14. The molecule has 1 aliphatic rings. The highest BCUT2D eigenvalue weighted by Crippen LogP contribution is 2.17. The van der Waals surface area contributed by atoms with Crippen molar-refractivity contribution in [2.75, 3.05) is 0 Å². The summed E-state index contributed by atoms with van der Waals surface area (Å²) in [4.78, 5) is 0. The molecule has 1 aromatic rings. The number of hydrogen-bond acceptors (Lipinski definition) is 2. The molecular weight excluding hydrogens is 181 g/mol. The van der Waals surface area contributed by atoms with Gasteiger partial charge in [0.2, 0.25) is 0 Å². The molecule has 0 spiro atoms. The number of benzene rings is 1. The van der Waals surface area contributed by atoms with Crippen molar-refractivity contribution in [1.29, 1.82) is 0 Å². The van der Waals surface area contributed by atoms with Crippen molar-refractivity contribution in [3.8, 4) is 0 Å². The molecule has 62 valence electrons. The van der Waals surface area contributed by atoms with Crippen LogP contribution in [0.2, 0.25) is 5.02 Å². The smallest absolute Gasteiger partial charge is 0.423 e. The first-order valence-corrected chi connectivity index (χ1v) is 3.84. The summed E-state index contributed by atoms with van der Waals surface area (Å²) in [5.41, 5.74) is 0.826. The molecule has 0 aromatic heterocycles. The Kier molecular flexibility index (Phi) is 1.83. The minimum absolute atomic E-state index is 0.208. The lowest BCUT2D eigenvalue weighted by Crippen LogP contribution is -2.30. The zero-order valence-corrected chi connectivity index (χ0v) is 6.81. The Morgan fingerprint density at radius 3 is 3.08 bits per heavy atom. The van der Waals surface area contributed by atoms with E-state index in [0.717, 1.165) is 6.07 Å². The van der Waals surface area contributed by atoms with E-state index in [1.54, 1.807) is 6.07 Å². The fraction of sp³-hybridized carbons (Fsp3) is 0.143. The Hall–Kier alpha value is -0.575. The van der Waals surface area contributed by atoms with Gasteiger partial charge in [-0.3, -0.25) is 0 Å². The largest absolute Gasteiger partial charge is 0.494 e. The topological polar surface area (TPSA) is 29.5 Å². The van der Waals surface area contributed by atoms with Gasteiger partial charge in [-0.05, 0) is 17.7 Å². The number of fused-ring (bicyclic) bond motifs is 1. The van der Waals surface area contributed by atoms with Crippen molar-refractivity contribution in [3.05, 3.63) is 28.5 Å². The second kappa shape index (κ2) is 2.73. The van der Waals surface area contributed by atoms with Crippen molar-refractivity contribution >= 4 is 24.2 Å². The Bertz CT molecular complexity index is 331. The summed E-state index contributed by atoms with van der Waals surface area (Å²) in [6, 6.07) is 2.76. The minimum Gasteiger partial charge on any atom is -0.423 e. The third kappa shape index (κ3) is 1.12. The maximum Gasteiger partial charge on any atom is 0.494 e. The van der Waals surface area contributed by atoms with Gasteiger partial charge in [0.25, 0.3) is 0 Å². The maximum absolute atomic E-state index is 13.1. The van der Waals surface area contributed by atoms with Crippen LogP contribution in [-0.4, -0.2) is 12.1 Å². The predicted octanol–water partition coefficient (Wildman–Crippen LogP) is 0.697. The van der Waals surface area contributed by atoms with Gasteiger partial charge in [-0.15, -0.1) is 0 Å². The average molecular weight is 186 g/mol. The van der Waals surface area contributed by atoms with Crippen LogP contribution in [0.5, 0.6) is 0 Å². The molecule has 0 fully saturated rings. The predicted molar refractivity (Wildman–Crippen MR) is 43.8 cm³/mol. The maximum atomic E-state index is 13.1. The van der Waals surface area contributed by atoms with Crippen molar-refractivity contribution in [1.82, 2.24) is 0 Å². The second-order valence-corrected chi connectivity index (χ2v) is 3.06. The molecule has 12 heavy (non-hydrogen) atoms. The first-order chi connectivity index (χ1) is 5.68. The highest BCUT2D eigenvalue weighted by molar-refractivity contribution is 6.61. The van der Waals surface area contributed by atoms with Crippen LogP contribution in [0, 0.1) is 5.82 Å². The summed E-state index contributed by atoms with van der Waals surface area (Å²) >= 11 is 5.60. The fourth-order valence-electron chi connectivity index (χ4n) is 1.29. The zero-order valence-electron chi connectivity index (χ0n) is 6.05. The first-order valence-electron chi connectivity index (χ1n) is 3.46. The lowest BCUT2D eigenvalue weighted by molar-refractivity contribution is 0.275. The van der Waals surface area contributed by atoms with Gasteiger partial charge in [-0.2, -0.15) is 0 Å². The Morgan fingerprint density at radius 2 is 2.33 bits per heavy atom. The van der Waals surface area contributed by atoms with Crippen LogP contribution in [-0.2, 0) is 11.3 Å². The standard InChI is InChI=1S/C7H5BClFO2/c9-5-1-4-3-12-8(11)7(4)6(10)2-5/h1-2,11H,3H2. The summed E-state index contributed by atoms with van der Waals surface area (Å²) < 4.78 is 17.9. The molecule has 2 nitrogen and oxygen atoms in total. The summed E-state index contributed by atoms with van der Waals surface area (Å²) in [6.45, 7) is 0.216. The molecule has 0 unspecified atom stereocenters. The van der Waals surface area contributed by atoms with Gasteiger partial charge >= 0.3 is 7.12 Å². The molecule has 0 saturated carbocycles. The fourth-order valence-corrected chi connectivity index (χ4v) is 1.51. The summed E-state index contributed by atoms with van der Waals surface area (Å²) in [5, 5.41) is 9.47. The Labute approximate surface area is 74.1 Å². The monoisotopic (exact) mass is 186 g/mol. The molecule has 0 amide bonds. The van der Waals surface area contributed by atoms with E-state index in [4.69, 9.17) is 21.3 Å².